The summed E-state index contributed by atoms with van der Waals surface area (Å²) in [4.78, 5) is 10.5. The normalized spacial score (nSPS) is 10.4. The number of nitrogens with zero attached hydrogens (tertiary/aromatic N) is 2. The van der Waals surface area contributed by atoms with Crippen LogP contribution < -0.4 is 4.57 Å². The van der Waals surface area contributed by atoms with Crippen LogP contribution in [0, 0.1) is 37.8 Å². The van der Waals surface area contributed by atoms with Crippen molar-refractivity contribution in [3.63, 3.8) is 0 Å². The lowest BCUT2D eigenvalue weighted by molar-refractivity contribution is -0.686. The number of aromatic nitrogens is 1. The van der Waals surface area contributed by atoms with Crippen LogP contribution in [0.5, 0.6) is 0 Å². The number of nitro groups is 1. The van der Waals surface area contributed by atoms with Crippen LogP contribution in [0.3, 0.4) is 0 Å². The highest BCUT2D eigenvalue weighted by molar-refractivity contribution is 5.45. The summed E-state index contributed by atoms with van der Waals surface area (Å²) < 4.78 is 1.86. The van der Waals surface area contributed by atoms with Crippen molar-refractivity contribution in [3.05, 3.63) is 32.6 Å². The molecule has 1 aromatic rings. The fraction of sp³-hybridized carbons (Fsp3) is 0.500. The molecule has 0 amide bonds. The Bertz CT molecular complexity index is 382. The SMILES string of the molecule is Cc1c(C)c(C)[n+](C)c(C)c1[N+](=O)[O-]. The number of hydrogen-bond acceptors (Lipinski definition) is 2. The molecule has 0 radical (unpaired) electrons. The molecule has 0 bridgehead atoms. The molecule has 1 heterocycles. The van der Waals surface area contributed by atoms with Crippen LogP contribution in [0.2, 0.25) is 0 Å². The largest absolute Gasteiger partial charge is 0.338 e. The smallest absolute Gasteiger partial charge is 0.258 e. The van der Waals surface area contributed by atoms with Crippen LogP contribution in [0.4, 0.5) is 5.69 Å². The maximum absolute atomic E-state index is 10.9. The molecule has 0 aliphatic carbocycles. The van der Waals surface area contributed by atoms with E-state index in [1.807, 2.05) is 25.5 Å². The summed E-state index contributed by atoms with van der Waals surface area (Å²) >= 11 is 0. The molecule has 0 aliphatic rings. The van der Waals surface area contributed by atoms with Gasteiger partial charge in [-0.3, -0.25) is 10.1 Å². The van der Waals surface area contributed by atoms with Crippen molar-refractivity contribution in [3.8, 4) is 0 Å². The van der Waals surface area contributed by atoms with Gasteiger partial charge in [0.15, 0.2) is 5.69 Å². The first-order valence-corrected chi connectivity index (χ1v) is 4.48. The van der Waals surface area contributed by atoms with E-state index in [1.165, 1.54) is 0 Å². The third kappa shape index (κ3) is 1.36. The highest BCUT2D eigenvalue weighted by Crippen LogP contribution is 2.23. The first-order chi connectivity index (χ1) is 6.37. The summed E-state index contributed by atoms with van der Waals surface area (Å²) in [7, 11) is 1.85. The third-order valence-electron chi connectivity index (χ3n) is 2.99. The Morgan fingerprint density at radius 1 is 1.07 bits per heavy atom. The van der Waals surface area contributed by atoms with Crippen LogP contribution in [0.1, 0.15) is 22.5 Å². The zero-order valence-electron chi connectivity index (χ0n) is 9.21. The van der Waals surface area contributed by atoms with Gasteiger partial charge in [0.1, 0.15) is 7.05 Å². The van der Waals surface area contributed by atoms with Gasteiger partial charge in [0.05, 0.1) is 4.92 Å². The lowest BCUT2D eigenvalue weighted by Gasteiger charge is -2.06. The van der Waals surface area contributed by atoms with Crippen molar-refractivity contribution in [2.45, 2.75) is 27.7 Å². The molecule has 14 heavy (non-hydrogen) atoms. The van der Waals surface area contributed by atoms with Crippen LogP contribution >= 0.6 is 0 Å². The molecule has 0 saturated heterocycles. The predicted octanol–water partition coefficient (Wildman–Crippen LogP) is 1.65. The lowest BCUT2D eigenvalue weighted by Crippen LogP contribution is -2.37. The molecule has 4 heteroatoms. The van der Waals surface area contributed by atoms with Gasteiger partial charge in [0.25, 0.3) is 5.69 Å². The van der Waals surface area contributed by atoms with Crippen molar-refractivity contribution in [1.29, 1.82) is 0 Å². The summed E-state index contributed by atoms with van der Waals surface area (Å²) in [6, 6.07) is 0. The van der Waals surface area contributed by atoms with Gasteiger partial charge in [-0.25, -0.2) is 0 Å². The van der Waals surface area contributed by atoms with Crippen molar-refractivity contribution in [2.75, 3.05) is 0 Å². The Balaban J connectivity index is 3.68. The molecule has 0 atom stereocenters. The Kier molecular flexibility index (Phi) is 2.55. The molecule has 0 saturated carbocycles. The summed E-state index contributed by atoms with van der Waals surface area (Å²) in [6.45, 7) is 7.46. The fourth-order valence-electron chi connectivity index (χ4n) is 1.65. The second kappa shape index (κ2) is 3.36. The minimum Gasteiger partial charge on any atom is -0.258 e. The van der Waals surface area contributed by atoms with Crippen molar-refractivity contribution < 1.29 is 9.49 Å². The Hall–Kier alpha value is -1.45. The van der Waals surface area contributed by atoms with Gasteiger partial charge in [0, 0.05) is 25.0 Å². The van der Waals surface area contributed by atoms with E-state index in [4.69, 9.17) is 0 Å². The van der Waals surface area contributed by atoms with Crippen LogP contribution in [0.25, 0.3) is 0 Å². The molecule has 0 spiro atoms. The molecule has 0 unspecified atom stereocenters. The van der Waals surface area contributed by atoms with Crippen molar-refractivity contribution in [1.82, 2.24) is 0 Å². The molecule has 0 aliphatic heterocycles. The Morgan fingerprint density at radius 2 is 1.57 bits per heavy atom. The molecule has 76 valence electrons. The summed E-state index contributed by atoms with van der Waals surface area (Å²) in [5.41, 5.74) is 3.77. The maximum atomic E-state index is 10.9. The van der Waals surface area contributed by atoms with Crippen LogP contribution in [-0.2, 0) is 7.05 Å². The number of rotatable bonds is 1. The van der Waals surface area contributed by atoms with E-state index in [1.54, 1.807) is 13.8 Å². The Labute approximate surface area is 83.3 Å². The average molecular weight is 195 g/mol. The van der Waals surface area contributed by atoms with Gasteiger partial charge in [-0.05, 0) is 13.8 Å². The van der Waals surface area contributed by atoms with E-state index >= 15 is 0 Å². The molecule has 1 rings (SSSR count). The minimum atomic E-state index is -0.308. The molecular weight excluding hydrogens is 180 g/mol. The topological polar surface area (TPSA) is 47.0 Å². The standard InChI is InChI=1S/C10H15N2O2/c1-6-7(2)10(12(13)14)9(4)11(5)8(6)3/h1-5H3/q+1. The zero-order chi connectivity index (χ0) is 11.0. The van der Waals surface area contributed by atoms with Crippen molar-refractivity contribution in [2.24, 2.45) is 7.05 Å². The quantitative estimate of drug-likeness (QED) is 0.388. The predicted molar refractivity (Wildman–Crippen MR) is 53.2 cm³/mol. The first-order valence-electron chi connectivity index (χ1n) is 4.48. The monoisotopic (exact) mass is 195 g/mol. The maximum Gasteiger partial charge on any atom is 0.338 e. The van der Waals surface area contributed by atoms with E-state index in [-0.39, 0.29) is 10.6 Å². The lowest BCUT2D eigenvalue weighted by atomic mass is 10.1. The van der Waals surface area contributed by atoms with Gasteiger partial charge in [-0.1, -0.05) is 0 Å². The molecule has 1 aromatic heterocycles. The molecular formula is C10H15N2O2+. The minimum absolute atomic E-state index is 0.232. The first kappa shape index (κ1) is 10.6. The molecule has 0 aromatic carbocycles. The third-order valence-corrected chi connectivity index (χ3v) is 2.99. The highest BCUT2D eigenvalue weighted by atomic mass is 16.6. The van der Waals surface area contributed by atoms with Crippen LogP contribution in [-0.4, -0.2) is 4.92 Å². The van der Waals surface area contributed by atoms with Gasteiger partial charge < -0.3 is 0 Å². The number of pyridine rings is 1. The average Bonchev–Trinajstić information content (AvgIpc) is 2.11. The van der Waals surface area contributed by atoms with E-state index in [0.717, 1.165) is 16.8 Å². The van der Waals surface area contributed by atoms with Gasteiger partial charge >= 0.3 is 5.69 Å². The second-order valence-electron chi connectivity index (χ2n) is 3.59. The van der Waals surface area contributed by atoms with Crippen LogP contribution in [0.15, 0.2) is 0 Å². The van der Waals surface area contributed by atoms with Gasteiger partial charge in [0.2, 0.25) is 0 Å². The Morgan fingerprint density at radius 3 is 2.00 bits per heavy atom. The van der Waals surface area contributed by atoms with E-state index in [9.17, 15) is 10.1 Å². The summed E-state index contributed by atoms with van der Waals surface area (Å²) in [5.74, 6) is 0. The van der Waals surface area contributed by atoms with Gasteiger partial charge in [-0.15, -0.1) is 0 Å². The molecule has 0 fully saturated rings. The highest BCUT2D eigenvalue weighted by Gasteiger charge is 2.26. The summed E-state index contributed by atoms with van der Waals surface area (Å²) in [6.07, 6.45) is 0. The van der Waals surface area contributed by atoms with Gasteiger partial charge in [-0.2, -0.15) is 4.57 Å². The summed E-state index contributed by atoms with van der Waals surface area (Å²) in [5, 5.41) is 10.9. The molecule has 4 nitrogen and oxygen atoms in total. The number of hydrogen-bond donors (Lipinski definition) is 0. The van der Waals surface area contributed by atoms with E-state index in [0.29, 0.717) is 5.69 Å². The van der Waals surface area contributed by atoms with E-state index in [2.05, 4.69) is 0 Å². The zero-order valence-corrected chi connectivity index (χ0v) is 9.21. The van der Waals surface area contributed by atoms with E-state index < -0.39 is 0 Å². The van der Waals surface area contributed by atoms with Crippen molar-refractivity contribution >= 4 is 5.69 Å². The molecule has 0 N–H and O–H groups in total. The fourth-order valence-corrected chi connectivity index (χ4v) is 1.65. The second-order valence-corrected chi connectivity index (χ2v) is 3.59.